The van der Waals surface area contributed by atoms with E-state index in [9.17, 15) is 0 Å². The van der Waals surface area contributed by atoms with Crippen LogP contribution in [-0.2, 0) is 0 Å². The van der Waals surface area contributed by atoms with E-state index in [1.165, 1.54) is 41.4 Å². The van der Waals surface area contributed by atoms with Gasteiger partial charge in [0, 0.05) is 16.7 Å². The Balaban J connectivity index is 2.28. The van der Waals surface area contributed by atoms with Crippen LogP contribution in [0.25, 0.3) is 0 Å². The van der Waals surface area contributed by atoms with Crippen LogP contribution < -0.4 is 5.32 Å². The molecule has 0 unspecified atom stereocenters. The van der Waals surface area contributed by atoms with Crippen molar-refractivity contribution in [2.75, 3.05) is 11.9 Å². The standard InChI is InChI=1S/C13H20BrN/c1-3-4-5-6-9-15-12-7-8-13(14)11(2)10-12/h7-8,10,15H,3-6,9H2,1-2H3. The summed E-state index contributed by atoms with van der Waals surface area (Å²) in [6, 6.07) is 6.41. The lowest BCUT2D eigenvalue weighted by atomic mass is 10.2. The second-order valence-electron chi connectivity index (χ2n) is 3.95. The molecule has 0 aliphatic heterocycles. The van der Waals surface area contributed by atoms with Gasteiger partial charge in [0.25, 0.3) is 0 Å². The van der Waals surface area contributed by atoms with Crippen LogP contribution in [0.15, 0.2) is 22.7 Å². The van der Waals surface area contributed by atoms with Crippen molar-refractivity contribution in [1.82, 2.24) is 0 Å². The average Bonchev–Trinajstić information content (AvgIpc) is 2.23. The monoisotopic (exact) mass is 269 g/mol. The van der Waals surface area contributed by atoms with E-state index in [0.29, 0.717) is 0 Å². The summed E-state index contributed by atoms with van der Waals surface area (Å²) in [4.78, 5) is 0. The molecule has 0 spiro atoms. The maximum Gasteiger partial charge on any atom is 0.0343 e. The highest BCUT2D eigenvalue weighted by atomic mass is 79.9. The first-order chi connectivity index (χ1) is 7.24. The summed E-state index contributed by atoms with van der Waals surface area (Å²) in [6.45, 7) is 5.44. The number of halogens is 1. The highest BCUT2D eigenvalue weighted by molar-refractivity contribution is 9.10. The molecule has 0 atom stereocenters. The molecule has 2 heteroatoms. The average molecular weight is 270 g/mol. The second kappa shape index (κ2) is 6.89. The first kappa shape index (κ1) is 12.6. The molecule has 0 heterocycles. The third-order valence-corrected chi connectivity index (χ3v) is 3.41. The highest BCUT2D eigenvalue weighted by Crippen LogP contribution is 2.19. The van der Waals surface area contributed by atoms with Gasteiger partial charge in [0.05, 0.1) is 0 Å². The van der Waals surface area contributed by atoms with Crippen LogP contribution in [0.5, 0.6) is 0 Å². The Hall–Kier alpha value is -0.500. The van der Waals surface area contributed by atoms with E-state index in [0.717, 1.165) is 6.54 Å². The summed E-state index contributed by atoms with van der Waals surface area (Å²) in [5.41, 5.74) is 2.51. The first-order valence-corrected chi connectivity index (χ1v) is 6.53. The lowest BCUT2D eigenvalue weighted by Crippen LogP contribution is -2.01. The molecule has 0 aliphatic carbocycles. The van der Waals surface area contributed by atoms with Crippen LogP contribution in [0.2, 0.25) is 0 Å². The molecule has 1 aromatic rings. The fourth-order valence-corrected chi connectivity index (χ4v) is 1.79. The van der Waals surface area contributed by atoms with Gasteiger partial charge in [0.2, 0.25) is 0 Å². The Morgan fingerprint density at radius 1 is 1.20 bits per heavy atom. The zero-order chi connectivity index (χ0) is 11.1. The quantitative estimate of drug-likeness (QED) is 0.735. The largest absolute Gasteiger partial charge is 0.385 e. The minimum atomic E-state index is 1.08. The van der Waals surface area contributed by atoms with Gasteiger partial charge in [0.1, 0.15) is 0 Å². The molecular weight excluding hydrogens is 250 g/mol. The van der Waals surface area contributed by atoms with Gasteiger partial charge >= 0.3 is 0 Å². The van der Waals surface area contributed by atoms with Crippen molar-refractivity contribution >= 4 is 21.6 Å². The van der Waals surface area contributed by atoms with Gasteiger partial charge < -0.3 is 5.32 Å². The number of hydrogen-bond acceptors (Lipinski definition) is 1. The number of hydrogen-bond donors (Lipinski definition) is 1. The van der Waals surface area contributed by atoms with Gasteiger partial charge in [-0.1, -0.05) is 42.1 Å². The van der Waals surface area contributed by atoms with Crippen molar-refractivity contribution in [2.24, 2.45) is 0 Å². The molecule has 84 valence electrons. The Kier molecular flexibility index (Phi) is 5.77. The lowest BCUT2D eigenvalue weighted by Gasteiger charge is -2.07. The smallest absolute Gasteiger partial charge is 0.0343 e. The van der Waals surface area contributed by atoms with Gasteiger partial charge in [-0.3, -0.25) is 0 Å². The number of benzene rings is 1. The van der Waals surface area contributed by atoms with Gasteiger partial charge in [0.15, 0.2) is 0 Å². The van der Waals surface area contributed by atoms with Gasteiger partial charge in [-0.25, -0.2) is 0 Å². The molecule has 0 amide bonds. The van der Waals surface area contributed by atoms with Crippen LogP contribution in [0.3, 0.4) is 0 Å². The second-order valence-corrected chi connectivity index (χ2v) is 4.81. The molecule has 1 rings (SSSR count). The maximum atomic E-state index is 3.50. The van der Waals surface area contributed by atoms with Gasteiger partial charge in [-0.2, -0.15) is 0 Å². The Morgan fingerprint density at radius 3 is 2.67 bits per heavy atom. The predicted molar refractivity (Wildman–Crippen MR) is 71.5 cm³/mol. The van der Waals surface area contributed by atoms with Crippen molar-refractivity contribution < 1.29 is 0 Å². The number of anilines is 1. The van der Waals surface area contributed by atoms with Gasteiger partial charge in [-0.15, -0.1) is 0 Å². The molecule has 1 N–H and O–H groups in total. The van der Waals surface area contributed by atoms with Crippen molar-refractivity contribution in [2.45, 2.75) is 39.5 Å². The predicted octanol–water partition coefficient (Wildman–Crippen LogP) is 4.75. The fourth-order valence-electron chi connectivity index (χ4n) is 1.54. The Morgan fingerprint density at radius 2 is 2.00 bits per heavy atom. The van der Waals surface area contributed by atoms with Crippen LogP contribution in [0.1, 0.15) is 38.2 Å². The molecule has 1 aromatic carbocycles. The van der Waals surface area contributed by atoms with Crippen LogP contribution in [0, 0.1) is 6.92 Å². The third kappa shape index (κ3) is 4.70. The number of aryl methyl sites for hydroxylation is 1. The highest BCUT2D eigenvalue weighted by Gasteiger charge is 1.96. The number of unbranched alkanes of at least 4 members (excludes halogenated alkanes) is 3. The van der Waals surface area contributed by atoms with E-state index in [2.05, 4.69) is 53.3 Å². The van der Waals surface area contributed by atoms with Crippen molar-refractivity contribution in [1.29, 1.82) is 0 Å². The molecular formula is C13H20BrN. The summed E-state index contributed by atoms with van der Waals surface area (Å²) >= 11 is 3.50. The summed E-state index contributed by atoms with van der Waals surface area (Å²) in [5, 5.41) is 3.45. The van der Waals surface area contributed by atoms with Gasteiger partial charge in [-0.05, 0) is 37.1 Å². The summed E-state index contributed by atoms with van der Waals surface area (Å²) in [5.74, 6) is 0. The molecule has 0 saturated carbocycles. The zero-order valence-electron chi connectivity index (χ0n) is 9.65. The van der Waals surface area contributed by atoms with E-state index in [4.69, 9.17) is 0 Å². The summed E-state index contributed by atoms with van der Waals surface area (Å²) in [7, 11) is 0. The lowest BCUT2D eigenvalue weighted by molar-refractivity contribution is 0.685. The molecule has 0 bridgehead atoms. The number of rotatable bonds is 6. The van der Waals surface area contributed by atoms with E-state index in [1.54, 1.807) is 0 Å². The normalized spacial score (nSPS) is 10.3. The summed E-state index contributed by atoms with van der Waals surface area (Å²) in [6.07, 6.45) is 5.25. The Bertz CT molecular complexity index is 297. The molecule has 15 heavy (non-hydrogen) atoms. The van der Waals surface area contributed by atoms with E-state index < -0.39 is 0 Å². The minimum absolute atomic E-state index is 1.08. The third-order valence-electron chi connectivity index (χ3n) is 2.52. The van der Waals surface area contributed by atoms with Crippen molar-refractivity contribution in [3.8, 4) is 0 Å². The molecule has 0 aromatic heterocycles. The maximum absolute atomic E-state index is 3.50. The number of nitrogens with one attached hydrogen (secondary N) is 1. The van der Waals surface area contributed by atoms with Crippen molar-refractivity contribution in [3.05, 3.63) is 28.2 Å². The fraction of sp³-hybridized carbons (Fsp3) is 0.538. The first-order valence-electron chi connectivity index (χ1n) is 5.74. The van der Waals surface area contributed by atoms with Crippen LogP contribution >= 0.6 is 15.9 Å². The van der Waals surface area contributed by atoms with Crippen LogP contribution in [0.4, 0.5) is 5.69 Å². The SMILES string of the molecule is CCCCCCNc1ccc(Br)c(C)c1. The molecule has 0 saturated heterocycles. The zero-order valence-corrected chi connectivity index (χ0v) is 11.2. The van der Waals surface area contributed by atoms with Crippen molar-refractivity contribution in [3.63, 3.8) is 0 Å². The molecule has 1 nitrogen and oxygen atoms in total. The van der Waals surface area contributed by atoms with E-state index >= 15 is 0 Å². The minimum Gasteiger partial charge on any atom is -0.385 e. The molecule has 0 aliphatic rings. The van der Waals surface area contributed by atoms with E-state index in [-0.39, 0.29) is 0 Å². The molecule has 0 radical (unpaired) electrons. The summed E-state index contributed by atoms with van der Waals surface area (Å²) < 4.78 is 1.18. The topological polar surface area (TPSA) is 12.0 Å². The van der Waals surface area contributed by atoms with Crippen LogP contribution in [-0.4, -0.2) is 6.54 Å². The van der Waals surface area contributed by atoms with E-state index in [1.807, 2.05) is 0 Å². The Labute approximate surface area is 101 Å². The molecule has 0 fully saturated rings.